The lowest BCUT2D eigenvalue weighted by atomic mass is 10.1. The molecule has 5 heteroatoms. The Balaban J connectivity index is 2.06. The van der Waals surface area contributed by atoms with E-state index >= 15 is 0 Å². The van der Waals surface area contributed by atoms with Gasteiger partial charge in [-0.25, -0.2) is 0 Å². The van der Waals surface area contributed by atoms with Crippen LogP contribution in [0.5, 0.6) is 0 Å². The van der Waals surface area contributed by atoms with Gasteiger partial charge in [0.05, 0.1) is 12.1 Å². The van der Waals surface area contributed by atoms with Crippen molar-refractivity contribution in [1.82, 2.24) is 5.16 Å². The zero-order chi connectivity index (χ0) is 13.1. The molecule has 0 radical (unpaired) electrons. The highest BCUT2D eigenvalue weighted by molar-refractivity contribution is 6.30. The highest BCUT2D eigenvalue weighted by Crippen LogP contribution is 2.17. The Morgan fingerprint density at radius 1 is 1.44 bits per heavy atom. The monoisotopic (exact) mass is 264 g/mol. The number of carbonyl (C=O) groups excluding carboxylic acids is 1. The zero-order valence-electron chi connectivity index (χ0n) is 10.2. The summed E-state index contributed by atoms with van der Waals surface area (Å²) in [6.45, 7) is 3.61. The van der Waals surface area contributed by atoms with Gasteiger partial charge < -0.3 is 9.84 Å². The fourth-order valence-corrected chi connectivity index (χ4v) is 1.88. The van der Waals surface area contributed by atoms with Crippen LogP contribution in [0.2, 0.25) is 5.02 Å². The number of hydrogen-bond donors (Lipinski definition) is 1. The Morgan fingerprint density at radius 2 is 2.22 bits per heavy atom. The quantitative estimate of drug-likeness (QED) is 0.927. The van der Waals surface area contributed by atoms with Crippen molar-refractivity contribution in [2.45, 2.75) is 20.3 Å². The van der Waals surface area contributed by atoms with Crippen LogP contribution in [-0.2, 0) is 11.2 Å². The molecule has 0 saturated heterocycles. The molecule has 1 heterocycles. The van der Waals surface area contributed by atoms with E-state index in [1.165, 1.54) is 0 Å². The molecule has 0 aliphatic heterocycles. The van der Waals surface area contributed by atoms with E-state index in [9.17, 15) is 4.79 Å². The molecule has 0 fully saturated rings. The van der Waals surface area contributed by atoms with Gasteiger partial charge in [0.1, 0.15) is 5.76 Å². The molecule has 0 atom stereocenters. The molecule has 0 saturated carbocycles. The summed E-state index contributed by atoms with van der Waals surface area (Å²) in [6.07, 6.45) is 0.244. The maximum Gasteiger partial charge on any atom is 0.229 e. The maximum atomic E-state index is 11.9. The number of hydrogen-bond acceptors (Lipinski definition) is 3. The summed E-state index contributed by atoms with van der Waals surface area (Å²) in [5, 5.41) is 7.18. The van der Waals surface area contributed by atoms with E-state index in [0.717, 1.165) is 11.3 Å². The maximum absolute atomic E-state index is 11.9. The molecule has 2 rings (SSSR count). The second-order valence-electron chi connectivity index (χ2n) is 4.04. The molecule has 18 heavy (non-hydrogen) atoms. The fraction of sp³-hybridized carbons (Fsp3) is 0.231. The molecular weight excluding hydrogens is 252 g/mol. The molecule has 0 aliphatic carbocycles. The molecule has 0 unspecified atom stereocenters. The number of aryl methyl sites for hydroxylation is 2. The average Bonchev–Trinajstić information content (AvgIpc) is 2.61. The molecule has 1 aromatic carbocycles. The first-order valence-corrected chi connectivity index (χ1v) is 5.91. The molecule has 0 bridgehead atoms. The first-order chi connectivity index (χ1) is 8.56. The van der Waals surface area contributed by atoms with Gasteiger partial charge in [-0.1, -0.05) is 22.8 Å². The topological polar surface area (TPSA) is 55.1 Å². The number of nitrogens with one attached hydrogen (secondary N) is 1. The number of nitrogens with zero attached hydrogens (tertiary/aromatic N) is 1. The highest BCUT2D eigenvalue weighted by Gasteiger charge is 2.13. The first-order valence-electron chi connectivity index (χ1n) is 5.53. The molecule has 0 aliphatic rings. The zero-order valence-corrected chi connectivity index (χ0v) is 10.9. The fourth-order valence-electron chi connectivity index (χ4n) is 1.69. The van der Waals surface area contributed by atoms with Gasteiger partial charge >= 0.3 is 0 Å². The molecule has 4 nitrogen and oxygen atoms in total. The summed E-state index contributed by atoms with van der Waals surface area (Å²) >= 11 is 5.85. The minimum absolute atomic E-state index is 0.119. The number of rotatable bonds is 3. The SMILES string of the molecule is Cc1noc(C)c1CC(=O)Nc1cccc(Cl)c1. The third-order valence-corrected chi connectivity index (χ3v) is 2.86. The van der Waals surface area contributed by atoms with E-state index in [4.69, 9.17) is 16.1 Å². The molecule has 0 spiro atoms. The Hall–Kier alpha value is -1.81. The van der Waals surface area contributed by atoms with Gasteiger partial charge in [-0.3, -0.25) is 4.79 Å². The van der Waals surface area contributed by atoms with Crippen LogP contribution in [0.3, 0.4) is 0 Å². The van der Waals surface area contributed by atoms with Gasteiger partial charge in [-0.05, 0) is 32.0 Å². The van der Waals surface area contributed by atoms with Crippen molar-refractivity contribution in [3.05, 3.63) is 46.3 Å². The van der Waals surface area contributed by atoms with Crippen LogP contribution in [0.4, 0.5) is 5.69 Å². The van der Waals surface area contributed by atoms with Gasteiger partial charge in [0.15, 0.2) is 0 Å². The summed E-state index contributed by atoms with van der Waals surface area (Å²) in [5.74, 6) is 0.556. The molecule has 1 amide bonds. The Morgan fingerprint density at radius 3 is 2.83 bits per heavy atom. The second kappa shape index (κ2) is 5.23. The molecule has 1 aromatic heterocycles. The normalized spacial score (nSPS) is 10.4. The Bertz CT molecular complexity index is 559. The van der Waals surface area contributed by atoms with Gasteiger partial charge in [0, 0.05) is 16.3 Å². The number of aromatic nitrogens is 1. The van der Waals surface area contributed by atoms with Crippen LogP contribution in [0, 0.1) is 13.8 Å². The van der Waals surface area contributed by atoms with E-state index in [1.807, 2.05) is 6.92 Å². The van der Waals surface area contributed by atoms with Crippen molar-refractivity contribution in [3.8, 4) is 0 Å². The standard InChI is InChI=1S/C13H13ClN2O2/c1-8-12(9(2)18-16-8)7-13(17)15-11-5-3-4-10(14)6-11/h3-6H,7H2,1-2H3,(H,15,17). The smallest absolute Gasteiger partial charge is 0.229 e. The van der Waals surface area contributed by atoms with Crippen molar-refractivity contribution in [2.75, 3.05) is 5.32 Å². The van der Waals surface area contributed by atoms with Crippen LogP contribution in [0.25, 0.3) is 0 Å². The molecule has 1 N–H and O–H groups in total. The van der Waals surface area contributed by atoms with Gasteiger partial charge in [0.2, 0.25) is 5.91 Å². The molecular formula is C13H13ClN2O2. The third-order valence-electron chi connectivity index (χ3n) is 2.63. The Kier molecular flexibility index (Phi) is 3.67. The number of halogens is 1. The lowest BCUT2D eigenvalue weighted by molar-refractivity contribution is -0.115. The number of anilines is 1. The van der Waals surface area contributed by atoms with E-state index in [-0.39, 0.29) is 12.3 Å². The molecule has 2 aromatic rings. The van der Waals surface area contributed by atoms with Crippen LogP contribution >= 0.6 is 11.6 Å². The largest absolute Gasteiger partial charge is 0.361 e. The van der Waals surface area contributed by atoms with Crippen molar-refractivity contribution >= 4 is 23.2 Å². The number of benzene rings is 1. The lowest BCUT2D eigenvalue weighted by Gasteiger charge is -2.05. The predicted molar refractivity (Wildman–Crippen MR) is 69.8 cm³/mol. The second-order valence-corrected chi connectivity index (χ2v) is 4.47. The van der Waals surface area contributed by atoms with E-state index in [0.29, 0.717) is 16.5 Å². The minimum Gasteiger partial charge on any atom is -0.361 e. The number of carbonyl (C=O) groups is 1. The highest BCUT2D eigenvalue weighted by atomic mass is 35.5. The van der Waals surface area contributed by atoms with Gasteiger partial charge in [-0.2, -0.15) is 0 Å². The summed E-state index contributed by atoms with van der Waals surface area (Å²) in [5.41, 5.74) is 2.25. The third kappa shape index (κ3) is 2.90. The number of amides is 1. The van der Waals surface area contributed by atoms with Crippen molar-refractivity contribution in [3.63, 3.8) is 0 Å². The van der Waals surface area contributed by atoms with Crippen molar-refractivity contribution < 1.29 is 9.32 Å². The van der Waals surface area contributed by atoms with E-state index < -0.39 is 0 Å². The summed E-state index contributed by atoms with van der Waals surface area (Å²) < 4.78 is 5.01. The minimum atomic E-state index is -0.119. The lowest BCUT2D eigenvalue weighted by Crippen LogP contribution is -2.15. The van der Waals surface area contributed by atoms with Crippen LogP contribution in [0.1, 0.15) is 17.0 Å². The van der Waals surface area contributed by atoms with Crippen molar-refractivity contribution in [2.24, 2.45) is 0 Å². The van der Waals surface area contributed by atoms with Gasteiger partial charge in [0.25, 0.3) is 0 Å². The van der Waals surface area contributed by atoms with Crippen LogP contribution in [-0.4, -0.2) is 11.1 Å². The van der Waals surface area contributed by atoms with Crippen LogP contribution in [0.15, 0.2) is 28.8 Å². The first kappa shape index (κ1) is 12.6. The van der Waals surface area contributed by atoms with Gasteiger partial charge in [-0.15, -0.1) is 0 Å². The van der Waals surface area contributed by atoms with Crippen LogP contribution < -0.4 is 5.32 Å². The average molecular weight is 265 g/mol. The Labute approximate surface area is 110 Å². The van der Waals surface area contributed by atoms with Crippen molar-refractivity contribution in [1.29, 1.82) is 0 Å². The summed E-state index contributed by atoms with van der Waals surface area (Å²) in [6, 6.07) is 7.03. The summed E-state index contributed by atoms with van der Waals surface area (Å²) in [7, 11) is 0. The summed E-state index contributed by atoms with van der Waals surface area (Å²) in [4.78, 5) is 11.9. The predicted octanol–water partition coefficient (Wildman–Crippen LogP) is 3.13. The van der Waals surface area contributed by atoms with E-state index in [2.05, 4.69) is 10.5 Å². The van der Waals surface area contributed by atoms with E-state index in [1.54, 1.807) is 31.2 Å². The molecule has 94 valence electrons.